The summed E-state index contributed by atoms with van der Waals surface area (Å²) in [5.41, 5.74) is 0.904. The van der Waals surface area contributed by atoms with Crippen LogP contribution in [0.4, 0.5) is 0 Å². The van der Waals surface area contributed by atoms with Crippen LogP contribution in [0.1, 0.15) is 12.0 Å². The maximum atomic E-state index is 12.5. The van der Waals surface area contributed by atoms with Crippen molar-refractivity contribution in [3.8, 4) is 12.3 Å². The maximum Gasteiger partial charge on any atom is 0.243 e. The van der Waals surface area contributed by atoms with E-state index in [-0.39, 0.29) is 17.3 Å². The number of benzene rings is 1. The van der Waals surface area contributed by atoms with Crippen molar-refractivity contribution in [1.29, 1.82) is 0 Å². The van der Waals surface area contributed by atoms with Crippen LogP contribution in [0.2, 0.25) is 0 Å². The first kappa shape index (κ1) is 17.5. The third kappa shape index (κ3) is 4.79. The second-order valence-electron chi connectivity index (χ2n) is 5.14. The van der Waals surface area contributed by atoms with E-state index in [9.17, 15) is 13.2 Å². The van der Waals surface area contributed by atoms with Gasteiger partial charge in [0.2, 0.25) is 15.9 Å². The van der Waals surface area contributed by atoms with E-state index < -0.39 is 10.0 Å². The molecule has 1 aromatic carbocycles. The van der Waals surface area contributed by atoms with Crippen LogP contribution in [0.3, 0.4) is 0 Å². The molecule has 0 unspecified atom stereocenters. The van der Waals surface area contributed by atoms with Gasteiger partial charge in [0.25, 0.3) is 0 Å². The van der Waals surface area contributed by atoms with Crippen LogP contribution in [0.5, 0.6) is 0 Å². The van der Waals surface area contributed by atoms with Gasteiger partial charge in [0, 0.05) is 19.5 Å². The van der Waals surface area contributed by atoms with Crippen LogP contribution in [0.25, 0.3) is 0 Å². The molecule has 0 saturated carbocycles. The van der Waals surface area contributed by atoms with Gasteiger partial charge in [0.1, 0.15) is 0 Å². The smallest absolute Gasteiger partial charge is 0.243 e. The Balaban J connectivity index is 1.96. The van der Waals surface area contributed by atoms with Crippen LogP contribution in [-0.4, -0.2) is 51.5 Å². The van der Waals surface area contributed by atoms with Crippen LogP contribution < -0.4 is 5.32 Å². The average molecular weight is 336 g/mol. The number of hydrogen-bond acceptors (Lipinski definition) is 4. The van der Waals surface area contributed by atoms with E-state index in [2.05, 4.69) is 11.2 Å². The molecule has 1 aliphatic heterocycles. The van der Waals surface area contributed by atoms with Gasteiger partial charge >= 0.3 is 0 Å². The van der Waals surface area contributed by atoms with E-state index in [0.29, 0.717) is 39.1 Å². The summed E-state index contributed by atoms with van der Waals surface area (Å²) in [6, 6.07) is 6.64. The van der Waals surface area contributed by atoms with Crippen molar-refractivity contribution in [2.75, 3.05) is 32.8 Å². The normalized spacial score (nSPS) is 15.8. The van der Waals surface area contributed by atoms with Crippen molar-refractivity contribution in [1.82, 2.24) is 9.62 Å². The van der Waals surface area contributed by atoms with E-state index in [0.717, 1.165) is 5.56 Å². The zero-order valence-electron chi connectivity index (χ0n) is 12.8. The van der Waals surface area contributed by atoms with Crippen molar-refractivity contribution in [3.05, 3.63) is 29.8 Å². The maximum absolute atomic E-state index is 12.5. The Morgan fingerprint density at radius 2 is 1.91 bits per heavy atom. The second kappa shape index (κ2) is 8.11. The van der Waals surface area contributed by atoms with Crippen LogP contribution >= 0.6 is 0 Å². The van der Waals surface area contributed by atoms with Crippen molar-refractivity contribution in [2.45, 2.75) is 17.7 Å². The fourth-order valence-corrected chi connectivity index (χ4v) is 3.67. The molecule has 0 radical (unpaired) electrons. The van der Waals surface area contributed by atoms with Gasteiger partial charge in [-0.2, -0.15) is 4.31 Å². The molecule has 1 fully saturated rings. The van der Waals surface area contributed by atoms with Gasteiger partial charge in [-0.1, -0.05) is 18.1 Å². The summed E-state index contributed by atoms with van der Waals surface area (Å²) in [7, 11) is -3.47. The van der Waals surface area contributed by atoms with Crippen LogP contribution in [0.15, 0.2) is 29.2 Å². The van der Waals surface area contributed by atoms with Gasteiger partial charge in [-0.05, 0) is 24.1 Å². The quantitative estimate of drug-likeness (QED) is 0.763. The molecule has 0 bridgehead atoms. The molecule has 0 spiro atoms. The fraction of sp³-hybridized carbons (Fsp3) is 0.438. The number of nitrogens with one attached hydrogen (secondary N) is 1. The number of terminal acetylenes is 1. The number of sulfonamides is 1. The van der Waals surface area contributed by atoms with Crippen LogP contribution in [0, 0.1) is 12.3 Å². The molecular weight excluding hydrogens is 316 g/mol. The third-order valence-electron chi connectivity index (χ3n) is 3.56. The minimum Gasteiger partial charge on any atom is -0.379 e. The molecule has 0 aromatic heterocycles. The number of hydrogen-bond donors (Lipinski definition) is 1. The van der Waals surface area contributed by atoms with E-state index in [1.165, 1.54) is 4.31 Å². The van der Waals surface area contributed by atoms with Crippen molar-refractivity contribution in [2.24, 2.45) is 0 Å². The number of nitrogens with zero attached hydrogens (tertiary/aromatic N) is 1. The predicted molar refractivity (Wildman–Crippen MR) is 86.2 cm³/mol. The first-order chi connectivity index (χ1) is 11.0. The molecule has 1 saturated heterocycles. The van der Waals surface area contributed by atoms with Crippen molar-refractivity contribution < 1.29 is 17.9 Å². The van der Waals surface area contributed by atoms with Gasteiger partial charge in [-0.25, -0.2) is 8.42 Å². The molecule has 7 heteroatoms. The topological polar surface area (TPSA) is 75.7 Å². The summed E-state index contributed by atoms with van der Waals surface area (Å²) in [6.45, 7) is 1.81. The highest BCUT2D eigenvalue weighted by molar-refractivity contribution is 7.89. The number of aryl methyl sites for hydroxylation is 1. The minimum atomic E-state index is -3.47. The van der Waals surface area contributed by atoms with Gasteiger partial charge < -0.3 is 10.1 Å². The summed E-state index contributed by atoms with van der Waals surface area (Å²) in [4.78, 5) is 11.8. The van der Waals surface area contributed by atoms with E-state index in [1.54, 1.807) is 24.3 Å². The molecule has 1 aromatic rings. The summed E-state index contributed by atoms with van der Waals surface area (Å²) in [6.07, 6.45) is 5.92. The molecule has 1 heterocycles. The Morgan fingerprint density at radius 1 is 1.26 bits per heavy atom. The highest BCUT2D eigenvalue weighted by atomic mass is 32.2. The summed E-state index contributed by atoms with van der Waals surface area (Å²) < 4.78 is 31.5. The number of ether oxygens (including phenoxy) is 1. The highest BCUT2D eigenvalue weighted by Crippen LogP contribution is 2.18. The average Bonchev–Trinajstić information content (AvgIpc) is 2.59. The largest absolute Gasteiger partial charge is 0.379 e. The zero-order valence-corrected chi connectivity index (χ0v) is 13.6. The van der Waals surface area contributed by atoms with Gasteiger partial charge in [-0.3, -0.25) is 4.79 Å². The standard InChI is InChI=1S/C16H20N2O4S/c1-2-9-17-16(19)8-5-14-3-6-15(7-4-14)23(20,21)18-10-12-22-13-11-18/h1,3-4,6-7H,5,8-13H2,(H,17,19). The fourth-order valence-electron chi connectivity index (χ4n) is 2.26. The molecule has 0 aliphatic carbocycles. The monoisotopic (exact) mass is 336 g/mol. The Kier molecular flexibility index (Phi) is 6.16. The first-order valence-electron chi connectivity index (χ1n) is 7.41. The number of carbonyl (C=O) groups excluding carboxylic acids is 1. The Bertz CT molecular complexity index is 671. The lowest BCUT2D eigenvalue weighted by molar-refractivity contribution is -0.120. The molecule has 0 atom stereocenters. The van der Waals surface area contributed by atoms with Crippen LogP contribution in [-0.2, 0) is 26.0 Å². The second-order valence-corrected chi connectivity index (χ2v) is 7.08. The lowest BCUT2D eigenvalue weighted by Crippen LogP contribution is -2.40. The van der Waals surface area contributed by atoms with Crippen molar-refractivity contribution in [3.63, 3.8) is 0 Å². The lowest BCUT2D eigenvalue weighted by Gasteiger charge is -2.26. The molecule has 1 N–H and O–H groups in total. The van der Waals surface area contributed by atoms with E-state index >= 15 is 0 Å². The molecule has 2 rings (SSSR count). The summed E-state index contributed by atoms with van der Waals surface area (Å²) in [5.74, 6) is 2.22. The molecule has 23 heavy (non-hydrogen) atoms. The predicted octanol–water partition coefficient (Wildman–Crippen LogP) is 0.390. The van der Waals surface area contributed by atoms with Gasteiger partial charge in [-0.15, -0.1) is 6.42 Å². The molecule has 1 amide bonds. The summed E-state index contributed by atoms with van der Waals surface area (Å²) >= 11 is 0. The third-order valence-corrected chi connectivity index (χ3v) is 5.47. The first-order valence-corrected chi connectivity index (χ1v) is 8.85. The SMILES string of the molecule is C#CCNC(=O)CCc1ccc(S(=O)(=O)N2CCOCC2)cc1. The zero-order chi connectivity index (χ0) is 16.7. The number of morpholine rings is 1. The number of amides is 1. The minimum absolute atomic E-state index is 0.118. The highest BCUT2D eigenvalue weighted by Gasteiger charge is 2.25. The van der Waals surface area contributed by atoms with Gasteiger partial charge in [0.15, 0.2) is 0 Å². The van der Waals surface area contributed by atoms with Crippen molar-refractivity contribution >= 4 is 15.9 Å². The molecule has 124 valence electrons. The Morgan fingerprint density at radius 3 is 2.52 bits per heavy atom. The Labute approximate surface area is 136 Å². The number of rotatable bonds is 6. The van der Waals surface area contributed by atoms with Gasteiger partial charge in [0.05, 0.1) is 24.7 Å². The number of carbonyl (C=O) groups is 1. The summed E-state index contributed by atoms with van der Waals surface area (Å²) in [5, 5.41) is 2.59. The molecule has 1 aliphatic rings. The van der Waals surface area contributed by atoms with E-state index in [1.807, 2.05) is 0 Å². The molecular formula is C16H20N2O4S. The van der Waals surface area contributed by atoms with E-state index in [4.69, 9.17) is 11.2 Å². The Hall–Kier alpha value is -1.88. The lowest BCUT2D eigenvalue weighted by atomic mass is 10.1. The molecule has 6 nitrogen and oxygen atoms in total.